The number of carbonyl (C=O) groups excluding carboxylic acids is 1. The summed E-state index contributed by atoms with van der Waals surface area (Å²) in [5, 5.41) is 2.16. The predicted molar refractivity (Wildman–Crippen MR) is 60.6 cm³/mol. The minimum absolute atomic E-state index is 0.0219. The monoisotopic (exact) mass is 293 g/mol. The van der Waals surface area contributed by atoms with Crippen molar-refractivity contribution in [1.29, 1.82) is 0 Å². The van der Waals surface area contributed by atoms with Gasteiger partial charge in [-0.15, -0.1) is 0 Å². The summed E-state index contributed by atoms with van der Waals surface area (Å²) >= 11 is 5.78. The number of alkyl halides is 3. The van der Waals surface area contributed by atoms with Crippen LogP contribution in [0.1, 0.15) is 12.8 Å². The number of aromatic nitrogens is 4. The van der Waals surface area contributed by atoms with Gasteiger partial charge in [-0.2, -0.15) is 23.1 Å². The average molecular weight is 294 g/mol. The van der Waals surface area contributed by atoms with Gasteiger partial charge in [-0.05, 0) is 0 Å². The van der Waals surface area contributed by atoms with E-state index in [-0.39, 0.29) is 16.7 Å². The first kappa shape index (κ1) is 13.5. The zero-order valence-corrected chi connectivity index (χ0v) is 10.0. The number of halogens is 4. The molecule has 0 aliphatic carbocycles. The number of H-pyrrole nitrogens is 1. The van der Waals surface area contributed by atoms with E-state index < -0.39 is 24.9 Å². The maximum absolute atomic E-state index is 11.9. The van der Waals surface area contributed by atoms with E-state index in [0.29, 0.717) is 5.52 Å². The number of nitrogens with one attached hydrogen (secondary N) is 2. The van der Waals surface area contributed by atoms with Crippen molar-refractivity contribution in [3.8, 4) is 0 Å². The lowest BCUT2D eigenvalue weighted by atomic mass is 10.3. The molecule has 0 radical (unpaired) electrons. The Labute approximate surface area is 109 Å². The van der Waals surface area contributed by atoms with E-state index in [9.17, 15) is 18.0 Å². The molecule has 0 saturated heterocycles. The molecule has 19 heavy (non-hydrogen) atoms. The van der Waals surface area contributed by atoms with Crippen molar-refractivity contribution in [2.75, 3.05) is 5.32 Å². The summed E-state index contributed by atoms with van der Waals surface area (Å²) in [6, 6.07) is 0. The molecule has 0 atom stereocenters. The quantitative estimate of drug-likeness (QED) is 0.850. The van der Waals surface area contributed by atoms with Crippen LogP contribution in [0.2, 0.25) is 5.15 Å². The Morgan fingerprint density at radius 2 is 2.16 bits per heavy atom. The molecule has 6 nitrogen and oxygen atoms in total. The molecular formula is C9H7ClF3N5O. The number of carbonyl (C=O) groups is 1. The topological polar surface area (TPSA) is 83.6 Å². The SMILES string of the molecule is O=C(CCC(F)(F)F)Nc1nc(Cl)c2[nH]cnc2n1. The average Bonchev–Trinajstić information content (AvgIpc) is 2.74. The van der Waals surface area contributed by atoms with Crippen molar-refractivity contribution in [1.82, 2.24) is 19.9 Å². The van der Waals surface area contributed by atoms with Gasteiger partial charge in [0.25, 0.3) is 0 Å². The fourth-order valence-corrected chi connectivity index (χ4v) is 1.52. The Morgan fingerprint density at radius 1 is 1.42 bits per heavy atom. The Balaban J connectivity index is 2.06. The summed E-state index contributed by atoms with van der Waals surface area (Å²) in [6.45, 7) is 0. The van der Waals surface area contributed by atoms with Crippen LogP contribution in [0.25, 0.3) is 11.2 Å². The molecule has 2 aromatic rings. The fraction of sp³-hybridized carbons (Fsp3) is 0.333. The minimum atomic E-state index is -4.39. The number of rotatable bonds is 3. The van der Waals surface area contributed by atoms with Crippen LogP contribution < -0.4 is 5.32 Å². The van der Waals surface area contributed by atoms with E-state index in [1.54, 1.807) is 0 Å². The molecule has 0 bridgehead atoms. The zero-order chi connectivity index (χ0) is 14.0. The standard InChI is InChI=1S/C9H7ClF3N5O/c10-6-5-7(15-3-14-5)18-8(17-6)16-4(19)1-2-9(11,12)13/h3H,1-2H2,(H2,14,15,16,17,18,19). The second-order valence-electron chi connectivity index (χ2n) is 3.60. The zero-order valence-electron chi connectivity index (χ0n) is 9.25. The third-order valence-electron chi connectivity index (χ3n) is 2.13. The molecule has 2 N–H and O–H groups in total. The summed E-state index contributed by atoms with van der Waals surface area (Å²) in [7, 11) is 0. The predicted octanol–water partition coefficient (Wildman–Crippen LogP) is 2.29. The Kier molecular flexibility index (Phi) is 3.56. The highest BCUT2D eigenvalue weighted by Gasteiger charge is 2.28. The highest BCUT2D eigenvalue weighted by Crippen LogP contribution is 2.22. The van der Waals surface area contributed by atoms with E-state index in [4.69, 9.17) is 11.6 Å². The lowest BCUT2D eigenvalue weighted by Gasteiger charge is -2.06. The first-order valence-electron chi connectivity index (χ1n) is 5.08. The van der Waals surface area contributed by atoms with Gasteiger partial charge in [0.2, 0.25) is 11.9 Å². The van der Waals surface area contributed by atoms with Gasteiger partial charge in [-0.25, -0.2) is 4.98 Å². The highest BCUT2D eigenvalue weighted by molar-refractivity contribution is 6.33. The van der Waals surface area contributed by atoms with Gasteiger partial charge in [0.05, 0.1) is 12.7 Å². The molecule has 2 heterocycles. The number of amides is 1. The van der Waals surface area contributed by atoms with Gasteiger partial charge in [0.1, 0.15) is 5.52 Å². The maximum Gasteiger partial charge on any atom is 0.389 e. The number of imidazole rings is 1. The van der Waals surface area contributed by atoms with Crippen molar-refractivity contribution >= 4 is 34.6 Å². The Morgan fingerprint density at radius 3 is 2.84 bits per heavy atom. The Bertz CT molecular complexity index is 611. The summed E-state index contributed by atoms with van der Waals surface area (Å²) in [5.74, 6) is -1.03. The summed E-state index contributed by atoms with van der Waals surface area (Å²) in [4.78, 5) is 25.3. The Hall–Kier alpha value is -1.90. The molecule has 0 aliphatic heterocycles. The minimum Gasteiger partial charge on any atom is -0.341 e. The van der Waals surface area contributed by atoms with Crippen molar-refractivity contribution in [2.45, 2.75) is 19.0 Å². The molecule has 1 amide bonds. The first-order valence-corrected chi connectivity index (χ1v) is 5.46. The number of fused-ring (bicyclic) bond motifs is 1. The molecule has 0 fully saturated rings. The molecule has 0 spiro atoms. The largest absolute Gasteiger partial charge is 0.389 e. The summed E-state index contributed by atoms with van der Waals surface area (Å²) < 4.78 is 35.8. The first-order chi connectivity index (χ1) is 8.85. The second-order valence-corrected chi connectivity index (χ2v) is 3.96. The molecule has 0 saturated carbocycles. The van der Waals surface area contributed by atoms with Crippen LogP contribution in [0.4, 0.5) is 19.1 Å². The number of aromatic amines is 1. The number of hydrogen-bond donors (Lipinski definition) is 2. The van der Waals surface area contributed by atoms with Crippen LogP contribution in [0, 0.1) is 0 Å². The van der Waals surface area contributed by atoms with Crippen molar-refractivity contribution in [2.24, 2.45) is 0 Å². The molecule has 0 unspecified atom stereocenters. The number of nitrogens with zero attached hydrogens (tertiary/aromatic N) is 3. The van der Waals surface area contributed by atoms with Crippen molar-refractivity contribution in [3.05, 3.63) is 11.5 Å². The molecule has 102 valence electrons. The lowest BCUT2D eigenvalue weighted by Crippen LogP contribution is -2.18. The van der Waals surface area contributed by atoms with Gasteiger partial charge >= 0.3 is 6.18 Å². The molecule has 0 aromatic carbocycles. The molecule has 2 rings (SSSR count). The smallest absolute Gasteiger partial charge is 0.341 e. The van der Waals surface area contributed by atoms with Crippen LogP contribution in [-0.4, -0.2) is 32.0 Å². The van der Waals surface area contributed by atoms with Gasteiger partial charge in [-0.1, -0.05) is 11.6 Å². The van der Waals surface area contributed by atoms with E-state index in [2.05, 4.69) is 25.3 Å². The van der Waals surface area contributed by atoms with Gasteiger partial charge in [-0.3, -0.25) is 10.1 Å². The van der Waals surface area contributed by atoms with Crippen LogP contribution >= 0.6 is 11.6 Å². The van der Waals surface area contributed by atoms with Crippen LogP contribution in [0.15, 0.2) is 6.33 Å². The highest BCUT2D eigenvalue weighted by atomic mass is 35.5. The fourth-order valence-electron chi connectivity index (χ4n) is 1.30. The number of anilines is 1. The molecule has 2 aromatic heterocycles. The second kappa shape index (κ2) is 5.00. The molecular weight excluding hydrogens is 287 g/mol. The summed E-state index contributed by atoms with van der Waals surface area (Å²) in [5.41, 5.74) is 0.598. The van der Waals surface area contributed by atoms with Crippen molar-refractivity contribution in [3.63, 3.8) is 0 Å². The van der Waals surface area contributed by atoms with Crippen LogP contribution in [0.3, 0.4) is 0 Å². The van der Waals surface area contributed by atoms with Gasteiger partial charge in [0, 0.05) is 6.42 Å². The lowest BCUT2D eigenvalue weighted by molar-refractivity contribution is -0.142. The number of hydrogen-bond acceptors (Lipinski definition) is 4. The maximum atomic E-state index is 11.9. The van der Waals surface area contributed by atoms with Gasteiger partial charge in [0.15, 0.2) is 10.8 Å². The third kappa shape index (κ3) is 3.53. The normalized spacial score (nSPS) is 11.8. The summed E-state index contributed by atoms with van der Waals surface area (Å²) in [6.07, 6.45) is -4.97. The third-order valence-corrected chi connectivity index (χ3v) is 2.40. The van der Waals surface area contributed by atoms with E-state index >= 15 is 0 Å². The van der Waals surface area contributed by atoms with E-state index in [0.717, 1.165) is 0 Å². The molecule has 10 heteroatoms. The van der Waals surface area contributed by atoms with E-state index in [1.165, 1.54) is 6.33 Å². The molecule has 0 aliphatic rings. The van der Waals surface area contributed by atoms with Crippen LogP contribution in [-0.2, 0) is 4.79 Å². The van der Waals surface area contributed by atoms with E-state index in [1.807, 2.05) is 0 Å². The van der Waals surface area contributed by atoms with Crippen molar-refractivity contribution < 1.29 is 18.0 Å². The van der Waals surface area contributed by atoms with Crippen LogP contribution in [0.5, 0.6) is 0 Å². The van der Waals surface area contributed by atoms with Gasteiger partial charge < -0.3 is 4.98 Å².